The van der Waals surface area contributed by atoms with Gasteiger partial charge in [0.2, 0.25) is 11.8 Å². The molecule has 1 aromatic heterocycles. The van der Waals surface area contributed by atoms with Crippen LogP contribution in [-0.4, -0.2) is 31.9 Å². The predicted octanol–water partition coefficient (Wildman–Crippen LogP) is 0.405. The molecule has 1 atom stereocenters. The molecule has 6 heteroatoms. The summed E-state index contributed by atoms with van der Waals surface area (Å²) in [5, 5.41) is 6.37. The SMILES string of the molecule is CC(c1ncn[nH]1)N1C(=O)CCCC1=O. The Hall–Kier alpha value is -1.72. The van der Waals surface area contributed by atoms with Crippen LogP contribution in [0.15, 0.2) is 6.33 Å². The Kier molecular flexibility index (Phi) is 2.49. The Morgan fingerprint density at radius 3 is 2.60 bits per heavy atom. The van der Waals surface area contributed by atoms with E-state index in [1.54, 1.807) is 6.92 Å². The molecule has 2 rings (SSSR count). The van der Waals surface area contributed by atoms with E-state index in [9.17, 15) is 9.59 Å². The fourth-order valence-electron chi connectivity index (χ4n) is 1.74. The molecule has 1 N–H and O–H groups in total. The van der Waals surface area contributed by atoms with Gasteiger partial charge in [-0.2, -0.15) is 5.10 Å². The number of imide groups is 1. The summed E-state index contributed by atoms with van der Waals surface area (Å²) >= 11 is 0. The van der Waals surface area contributed by atoms with E-state index in [-0.39, 0.29) is 17.9 Å². The van der Waals surface area contributed by atoms with Crippen molar-refractivity contribution < 1.29 is 9.59 Å². The van der Waals surface area contributed by atoms with Crippen LogP contribution in [-0.2, 0) is 9.59 Å². The Morgan fingerprint density at radius 1 is 1.40 bits per heavy atom. The predicted molar refractivity (Wildman–Crippen MR) is 50.5 cm³/mol. The van der Waals surface area contributed by atoms with Crippen LogP contribution in [0, 0.1) is 0 Å². The lowest BCUT2D eigenvalue weighted by atomic mass is 10.1. The Labute approximate surface area is 86.7 Å². The summed E-state index contributed by atoms with van der Waals surface area (Å²) in [5.74, 6) is 0.281. The van der Waals surface area contributed by atoms with Crippen molar-refractivity contribution in [2.75, 3.05) is 0 Å². The molecule has 0 aliphatic carbocycles. The highest BCUT2D eigenvalue weighted by Crippen LogP contribution is 2.22. The van der Waals surface area contributed by atoms with Crippen LogP contribution in [0.5, 0.6) is 0 Å². The average Bonchev–Trinajstić information content (AvgIpc) is 2.69. The second-order valence-electron chi connectivity index (χ2n) is 3.56. The summed E-state index contributed by atoms with van der Waals surface area (Å²) in [6.45, 7) is 1.77. The number of aromatic amines is 1. The Morgan fingerprint density at radius 2 is 2.07 bits per heavy atom. The van der Waals surface area contributed by atoms with Gasteiger partial charge in [0.15, 0.2) is 0 Å². The van der Waals surface area contributed by atoms with Gasteiger partial charge < -0.3 is 0 Å². The minimum Gasteiger partial charge on any atom is -0.274 e. The molecule has 1 fully saturated rings. The van der Waals surface area contributed by atoms with Crippen LogP contribution < -0.4 is 0 Å². The summed E-state index contributed by atoms with van der Waals surface area (Å²) in [7, 11) is 0. The highest BCUT2D eigenvalue weighted by Gasteiger charge is 2.31. The van der Waals surface area contributed by atoms with Crippen LogP contribution >= 0.6 is 0 Å². The van der Waals surface area contributed by atoms with Crippen molar-refractivity contribution >= 4 is 11.8 Å². The number of amides is 2. The van der Waals surface area contributed by atoms with Gasteiger partial charge >= 0.3 is 0 Å². The van der Waals surface area contributed by atoms with Crippen LogP contribution in [0.2, 0.25) is 0 Å². The lowest BCUT2D eigenvalue weighted by Crippen LogP contribution is -2.42. The number of rotatable bonds is 2. The minimum atomic E-state index is -0.354. The molecule has 0 aromatic carbocycles. The number of hydrogen-bond donors (Lipinski definition) is 1. The van der Waals surface area contributed by atoms with Crippen molar-refractivity contribution in [3.8, 4) is 0 Å². The third kappa shape index (κ3) is 1.74. The second-order valence-corrected chi connectivity index (χ2v) is 3.56. The van der Waals surface area contributed by atoms with Crippen LogP contribution in [0.25, 0.3) is 0 Å². The lowest BCUT2D eigenvalue weighted by Gasteiger charge is -2.29. The molecule has 0 radical (unpaired) electrons. The molecular weight excluding hydrogens is 196 g/mol. The summed E-state index contributed by atoms with van der Waals surface area (Å²) in [5.41, 5.74) is 0. The van der Waals surface area contributed by atoms with Gasteiger partial charge in [-0.1, -0.05) is 0 Å². The summed E-state index contributed by atoms with van der Waals surface area (Å²) in [6, 6.07) is -0.354. The number of nitrogens with zero attached hydrogens (tertiary/aromatic N) is 3. The average molecular weight is 208 g/mol. The molecule has 2 heterocycles. The maximum absolute atomic E-state index is 11.6. The van der Waals surface area contributed by atoms with E-state index < -0.39 is 0 Å². The number of hydrogen-bond acceptors (Lipinski definition) is 4. The zero-order chi connectivity index (χ0) is 10.8. The molecule has 80 valence electrons. The minimum absolute atomic E-state index is 0.129. The van der Waals surface area contributed by atoms with E-state index >= 15 is 0 Å². The molecule has 2 amide bonds. The van der Waals surface area contributed by atoms with Gasteiger partial charge in [0.25, 0.3) is 0 Å². The van der Waals surface area contributed by atoms with Gasteiger partial charge in [-0.25, -0.2) is 4.98 Å². The highest BCUT2D eigenvalue weighted by atomic mass is 16.2. The maximum Gasteiger partial charge on any atom is 0.229 e. The second kappa shape index (κ2) is 3.80. The normalized spacial score (nSPS) is 19.4. The largest absolute Gasteiger partial charge is 0.274 e. The third-order valence-electron chi connectivity index (χ3n) is 2.54. The van der Waals surface area contributed by atoms with E-state index in [0.29, 0.717) is 25.1 Å². The van der Waals surface area contributed by atoms with E-state index in [1.165, 1.54) is 11.2 Å². The first-order valence-electron chi connectivity index (χ1n) is 4.90. The number of piperidine rings is 1. The summed E-state index contributed by atoms with van der Waals surface area (Å²) in [4.78, 5) is 28.4. The van der Waals surface area contributed by atoms with Crippen molar-refractivity contribution in [3.63, 3.8) is 0 Å². The molecule has 1 saturated heterocycles. The maximum atomic E-state index is 11.6. The number of carbonyl (C=O) groups is 2. The molecule has 1 unspecified atom stereocenters. The van der Waals surface area contributed by atoms with Crippen molar-refractivity contribution in [3.05, 3.63) is 12.2 Å². The molecular formula is C9H12N4O2. The fourth-order valence-corrected chi connectivity index (χ4v) is 1.74. The number of aromatic nitrogens is 3. The van der Waals surface area contributed by atoms with Crippen LogP contribution in [0.1, 0.15) is 38.1 Å². The Balaban J connectivity index is 2.21. The monoisotopic (exact) mass is 208 g/mol. The molecule has 1 aliphatic rings. The number of H-pyrrole nitrogens is 1. The number of nitrogens with one attached hydrogen (secondary N) is 1. The van der Waals surface area contributed by atoms with Gasteiger partial charge in [0, 0.05) is 12.8 Å². The van der Waals surface area contributed by atoms with Gasteiger partial charge in [-0.05, 0) is 13.3 Å². The topological polar surface area (TPSA) is 79.0 Å². The molecule has 6 nitrogen and oxygen atoms in total. The van der Waals surface area contributed by atoms with Crippen LogP contribution in [0.4, 0.5) is 0 Å². The third-order valence-corrected chi connectivity index (χ3v) is 2.54. The number of carbonyl (C=O) groups excluding carboxylic acids is 2. The molecule has 0 bridgehead atoms. The van der Waals surface area contributed by atoms with Crippen molar-refractivity contribution in [1.29, 1.82) is 0 Å². The first kappa shape index (κ1) is 9.82. The molecule has 0 saturated carbocycles. The van der Waals surface area contributed by atoms with Gasteiger partial charge in [-0.15, -0.1) is 0 Å². The smallest absolute Gasteiger partial charge is 0.229 e. The quantitative estimate of drug-likeness (QED) is 0.714. The standard InChI is InChI=1S/C9H12N4O2/c1-6(9-10-5-11-12-9)13-7(14)3-2-4-8(13)15/h5-6H,2-4H2,1H3,(H,10,11,12). The van der Waals surface area contributed by atoms with Gasteiger partial charge in [0.1, 0.15) is 12.2 Å². The summed E-state index contributed by atoms with van der Waals surface area (Å²) < 4.78 is 0. The zero-order valence-electron chi connectivity index (χ0n) is 8.43. The molecule has 0 spiro atoms. The fraction of sp³-hybridized carbons (Fsp3) is 0.556. The Bertz CT molecular complexity index is 357. The van der Waals surface area contributed by atoms with E-state index in [2.05, 4.69) is 15.2 Å². The van der Waals surface area contributed by atoms with E-state index in [4.69, 9.17) is 0 Å². The highest BCUT2D eigenvalue weighted by molar-refractivity contribution is 5.97. The number of likely N-dealkylation sites (tertiary alicyclic amines) is 1. The van der Waals surface area contributed by atoms with Crippen molar-refractivity contribution in [2.24, 2.45) is 0 Å². The van der Waals surface area contributed by atoms with E-state index in [0.717, 1.165) is 0 Å². The molecule has 1 aromatic rings. The summed E-state index contributed by atoms with van der Waals surface area (Å²) in [6.07, 6.45) is 2.89. The molecule has 15 heavy (non-hydrogen) atoms. The molecule has 1 aliphatic heterocycles. The lowest BCUT2D eigenvalue weighted by molar-refractivity contribution is -0.150. The first-order chi connectivity index (χ1) is 7.20. The zero-order valence-corrected chi connectivity index (χ0v) is 8.43. The van der Waals surface area contributed by atoms with Gasteiger partial charge in [0.05, 0.1) is 6.04 Å². The van der Waals surface area contributed by atoms with Crippen molar-refractivity contribution in [2.45, 2.75) is 32.2 Å². The van der Waals surface area contributed by atoms with Crippen molar-refractivity contribution in [1.82, 2.24) is 20.1 Å². The van der Waals surface area contributed by atoms with Gasteiger partial charge in [-0.3, -0.25) is 19.6 Å². The van der Waals surface area contributed by atoms with Crippen LogP contribution in [0.3, 0.4) is 0 Å². The van der Waals surface area contributed by atoms with E-state index in [1.807, 2.05) is 0 Å². The first-order valence-corrected chi connectivity index (χ1v) is 4.90.